The number of nitrogens with zero attached hydrogens (tertiary/aromatic N) is 1. The quantitative estimate of drug-likeness (QED) is 0.835. The van der Waals surface area contributed by atoms with Crippen molar-refractivity contribution in [1.82, 2.24) is 0 Å². The van der Waals surface area contributed by atoms with Crippen LogP contribution in [0.5, 0.6) is 0 Å². The van der Waals surface area contributed by atoms with Crippen molar-refractivity contribution in [2.45, 2.75) is 62.9 Å². The minimum Gasteiger partial charge on any atom is -0.368 e. The lowest BCUT2D eigenvalue weighted by molar-refractivity contribution is 0.243. The maximum absolute atomic E-state index is 6.12. The first-order valence-electron chi connectivity index (χ1n) is 8.56. The molecule has 1 saturated carbocycles. The molecule has 1 aliphatic carbocycles. The minimum atomic E-state index is 0.659. The van der Waals surface area contributed by atoms with Gasteiger partial charge in [0.05, 0.1) is 0 Å². The highest BCUT2D eigenvalue weighted by atomic mass is 32.2. The molecule has 21 heavy (non-hydrogen) atoms. The Morgan fingerprint density at radius 2 is 2.00 bits per heavy atom. The average Bonchev–Trinajstić information content (AvgIpc) is 2.54. The standard InChI is InChI=1S/C18H28N2S/c1-2-21-18-11-5-10-17(15(18)13-19)20-12-6-8-14-7-3-4-9-16(14)20/h5,10-11,14,16H,2-4,6-9,12-13,19H2,1H3/t14-,16-/m1/s1. The van der Waals surface area contributed by atoms with Crippen molar-refractivity contribution < 1.29 is 0 Å². The van der Waals surface area contributed by atoms with Gasteiger partial charge in [0.2, 0.25) is 0 Å². The Hall–Kier alpha value is -0.670. The predicted octanol–water partition coefficient (Wildman–Crippen LogP) is 4.42. The third kappa shape index (κ3) is 3.09. The molecule has 0 unspecified atom stereocenters. The maximum atomic E-state index is 6.12. The summed E-state index contributed by atoms with van der Waals surface area (Å²) in [7, 11) is 0. The van der Waals surface area contributed by atoms with Gasteiger partial charge in [0.1, 0.15) is 0 Å². The van der Waals surface area contributed by atoms with Crippen LogP contribution in [0.1, 0.15) is 51.0 Å². The third-order valence-corrected chi connectivity index (χ3v) is 6.15. The number of benzene rings is 1. The molecule has 1 aromatic rings. The summed E-state index contributed by atoms with van der Waals surface area (Å²) in [5.41, 5.74) is 8.91. The van der Waals surface area contributed by atoms with Gasteiger partial charge in [-0.2, -0.15) is 0 Å². The van der Waals surface area contributed by atoms with Gasteiger partial charge >= 0.3 is 0 Å². The summed E-state index contributed by atoms with van der Waals surface area (Å²) < 4.78 is 0. The SMILES string of the molecule is CCSc1cccc(N2CCC[C@H]3CCCC[C@H]32)c1CN. The van der Waals surface area contributed by atoms with Crippen LogP contribution in [-0.4, -0.2) is 18.3 Å². The molecule has 0 radical (unpaired) electrons. The van der Waals surface area contributed by atoms with E-state index in [1.807, 2.05) is 11.8 Å². The van der Waals surface area contributed by atoms with E-state index in [2.05, 4.69) is 30.0 Å². The van der Waals surface area contributed by atoms with E-state index in [1.165, 1.54) is 61.2 Å². The fraction of sp³-hybridized carbons (Fsp3) is 0.667. The lowest BCUT2D eigenvalue weighted by Crippen LogP contribution is -2.47. The highest BCUT2D eigenvalue weighted by Gasteiger charge is 2.34. The van der Waals surface area contributed by atoms with Gasteiger partial charge in [-0.05, 0) is 49.5 Å². The van der Waals surface area contributed by atoms with E-state index >= 15 is 0 Å². The summed E-state index contributed by atoms with van der Waals surface area (Å²) in [4.78, 5) is 4.09. The molecule has 1 saturated heterocycles. The normalized spacial score (nSPS) is 25.7. The molecule has 0 spiro atoms. The number of fused-ring (bicyclic) bond motifs is 1. The molecular formula is C18H28N2S. The largest absolute Gasteiger partial charge is 0.368 e. The monoisotopic (exact) mass is 304 g/mol. The molecule has 2 nitrogen and oxygen atoms in total. The van der Waals surface area contributed by atoms with Gasteiger partial charge in [-0.15, -0.1) is 11.8 Å². The van der Waals surface area contributed by atoms with Crippen LogP contribution < -0.4 is 10.6 Å². The molecule has 2 atom stereocenters. The number of hydrogen-bond acceptors (Lipinski definition) is 3. The minimum absolute atomic E-state index is 0.659. The van der Waals surface area contributed by atoms with Gasteiger partial charge in [-0.25, -0.2) is 0 Å². The topological polar surface area (TPSA) is 29.3 Å². The second-order valence-electron chi connectivity index (χ2n) is 6.34. The zero-order chi connectivity index (χ0) is 14.7. The summed E-state index contributed by atoms with van der Waals surface area (Å²) in [6.07, 6.45) is 8.42. The van der Waals surface area contributed by atoms with Crippen LogP contribution in [-0.2, 0) is 6.54 Å². The molecule has 2 N–H and O–H groups in total. The number of hydrogen-bond donors (Lipinski definition) is 1. The molecule has 0 bridgehead atoms. The molecule has 0 aromatic heterocycles. The van der Waals surface area contributed by atoms with Crippen LogP contribution in [0.3, 0.4) is 0 Å². The summed E-state index contributed by atoms with van der Waals surface area (Å²) in [5, 5.41) is 0. The maximum Gasteiger partial charge on any atom is 0.0425 e. The Morgan fingerprint density at radius 1 is 1.19 bits per heavy atom. The van der Waals surface area contributed by atoms with E-state index in [1.54, 1.807) is 0 Å². The number of rotatable bonds is 4. The van der Waals surface area contributed by atoms with Crippen LogP contribution in [0.4, 0.5) is 5.69 Å². The molecule has 2 fully saturated rings. The second-order valence-corrected chi connectivity index (χ2v) is 7.64. The van der Waals surface area contributed by atoms with Crippen LogP contribution in [0, 0.1) is 5.92 Å². The zero-order valence-corrected chi connectivity index (χ0v) is 14.0. The van der Waals surface area contributed by atoms with Crippen molar-refractivity contribution in [1.29, 1.82) is 0 Å². The first-order valence-corrected chi connectivity index (χ1v) is 9.55. The van der Waals surface area contributed by atoms with E-state index in [-0.39, 0.29) is 0 Å². The van der Waals surface area contributed by atoms with Crippen molar-refractivity contribution in [3.63, 3.8) is 0 Å². The molecule has 1 aliphatic heterocycles. The smallest absolute Gasteiger partial charge is 0.0425 e. The molecular weight excluding hydrogens is 276 g/mol. The van der Waals surface area contributed by atoms with Gasteiger partial charge in [0, 0.05) is 35.3 Å². The van der Waals surface area contributed by atoms with E-state index in [4.69, 9.17) is 5.73 Å². The van der Waals surface area contributed by atoms with Crippen molar-refractivity contribution in [2.75, 3.05) is 17.2 Å². The van der Waals surface area contributed by atoms with Crippen LogP contribution in [0.15, 0.2) is 23.1 Å². The van der Waals surface area contributed by atoms with E-state index in [0.29, 0.717) is 6.54 Å². The van der Waals surface area contributed by atoms with Crippen molar-refractivity contribution in [3.8, 4) is 0 Å². The molecule has 3 heteroatoms. The number of anilines is 1. The Kier molecular flexibility index (Phi) is 5.12. The van der Waals surface area contributed by atoms with Gasteiger partial charge in [0.15, 0.2) is 0 Å². The third-order valence-electron chi connectivity index (χ3n) is 5.16. The van der Waals surface area contributed by atoms with Gasteiger partial charge in [0.25, 0.3) is 0 Å². The Balaban J connectivity index is 1.92. The highest BCUT2D eigenvalue weighted by molar-refractivity contribution is 7.99. The summed E-state index contributed by atoms with van der Waals surface area (Å²) >= 11 is 1.93. The van der Waals surface area contributed by atoms with Crippen LogP contribution in [0.2, 0.25) is 0 Å². The van der Waals surface area contributed by atoms with Crippen molar-refractivity contribution in [2.24, 2.45) is 11.7 Å². The van der Waals surface area contributed by atoms with Gasteiger partial charge in [-0.1, -0.05) is 25.8 Å². The fourth-order valence-electron chi connectivity index (χ4n) is 4.24. The molecule has 3 rings (SSSR count). The molecule has 1 aromatic carbocycles. The Morgan fingerprint density at radius 3 is 2.81 bits per heavy atom. The van der Waals surface area contributed by atoms with E-state index < -0.39 is 0 Å². The predicted molar refractivity (Wildman–Crippen MR) is 93.1 cm³/mol. The number of nitrogens with two attached hydrogens (primary N) is 1. The van der Waals surface area contributed by atoms with Crippen molar-refractivity contribution in [3.05, 3.63) is 23.8 Å². The molecule has 2 aliphatic rings. The van der Waals surface area contributed by atoms with E-state index in [0.717, 1.165) is 17.7 Å². The van der Waals surface area contributed by atoms with Crippen molar-refractivity contribution >= 4 is 17.4 Å². The summed E-state index contributed by atoms with van der Waals surface area (Å²) in [6.45, 7) is 4.09. The van der Waals surface area contributed by atoms with E-state index in [9.17, 15) is 0 Å². The number of piperidine rings is 1. The van der Waals surface area contributed by atoms with Gasteiger partial charge < -0.3 is 10.6 Å². The lowest BCUT2D eigenvalue weighted by Gasteiger charge is -2.46. The van der Waals surface area contributed by atoms with Crippen LogP contribution in [0.25, 0.3) is 0 Å². The molecule has 116 valence electrons. The Bertz CT molecular complexity index is 472. The first-order chi connectivity index (χ1) is 10.3. The highest BCUT2D eigenvalue weighted by Crippen LogP contribution is 2.40. The van der Waals surface area contributed by atoms with Gasteiger partial charge in [-0.3, -0.25) is 0 Å². The summed E-state index contributed by atoms with van der Waals surface area (Å²) in [5.74, 6) is 2.03. The average molecular weight is 305 g/mol. The lowest BCUT2D eigenvalue weighted by atomic mass is 9.78. The number of thioether (sulfide) groups is 1. The second kappa shape index (κ2) is 7.06. The summed E-state index contributed by atoms with van der Waals surface area (Å²) in [6, 6.07) is 7.53. The first kappa shape index (κ1) is 15.2. The fourth-order valence-corrected chi connectivity index (χ4v) is 5.09. The molecule has 1 heterocycles. The van der Waals surface area contributed by atoms with Crippen LogP contribution >= 0.6 is 11.8 Å². The zero-order valence-electron chi connectivity index (χ0n) is 13.2. The Labute approximate surface area is 133 Å². The molecule has 0 amide bonds.